The molecule has 4 nitrogen and oxygen atoms in total. The molecule has 0 unspecified atom stereocenters. The summed E-state index contributed by atoms with van der Waals surface area (Å²) in [5.41, 5.74) is -1.09. The lowest BCUT2D eigenvalue weighted by atomic mass is 10.1. The molecule has 2 N–H and O–H groups in total. The summed E-state index contributed by atoms with van der Waals surface area (Å²) in [6, 6.07) is 3.71. The Morgan fingerprint density at radius 1 is 1.35 bits per heavy atom. The second-order valence-electron chi connectivity index (χ2n) is 4.05. The van der Waals surface area contributed by atoms with Crippen LogP contribution in [0.25, 0.3) is 0 Å². The summed E-state index contributed by atoms with van der Waals surface area (Å²) in [4.78, 5) is 17.3. The van der Waals surface area contributed by atoms with Crippen LogP contribution in [0.5, 0.6) is 0 Å². The van der Waals surface area contributed by atoms with Crippen LogP contribution in [0.15, 0.2) is 29.3 Å². The van der Waals surface area contributed by atoms with Gasteiger partial charge in [-0.1, -0.05) is 17.7 Å². The predicted molar refractivity (Wildman–Crippen MR) is 69.3 cm³/mol. The van der Waals surface area contributed by atoms with Gasteiger partial charge >= 0.3 is 6.18 Å². The van der Waals surface area contributed by atoms with Gasteiger partial charge in [0.2, 0.25) is 0 Å². The number of nitrogens with zero attached hydrogens (tertiary/aromatic N) is 1. The van der Waals surface area contributed by atoms with Gasteiger partial charge in [0.1, 0.15) is 5.02 Å². The second kappa shape index (κ2) is 5.16. The van der Waals surface area contributed by atoms with E-state index in [9.17, 15) is 18.0 Å². The zero-order chi connectivity index (χ0) is 14.9. The van der Waals surface area contributed by atoms with Crippen molar-refractivity contribution < 1.29 is 13.2 Å². The molecule has 106 valence electrons. The van der Waals surface area contributed by atoms with Crippen LogP contribution in [0.4, 0.5) is 24.7 Å². The summed E-state index contributed by atoms with van der Waals surface area (Å²) >= 11 is 5.71. The Labute approximate surface area is 116 Å². The van der Waals surface area contributed by atoms with Crippen molar-refractivity contribution in [3.8, 4) is 0 Å². The van der Waals surface area contributed by atoms with E-state index in [1.54, 1.807) is 0 Å². The molecule has 0 bridgehead atoms. The average Bonchev–Trinajstić information content (AvgIpc) is 2.36. The summed E-state index contributed by atoms with van der Waals surface area (Å²) in [6.07, 6.45) is -3.34. The van der Waals surface area contributed by atoms with E-state index < -0.39 is 17.3 Å². The smallest absolute Gasteiger partial charge is 0.339 e. The Bertz CT molecular complexity index is 697. The SMILES string of the molecule is Cc1ccc(Nc2nc[nH]c(=O)c2Cl)cc1C(F)(F)F. The number of alkyl halides is 3. The van der Waals surface area contributed by atoms with Gasteiger partial charge in [-0.25, -0.2) is 4.98 Å². The minimum Gasteiger partial charge on any atom is -0.339 e. The van der Waals surface area contributed by atoms with E-state index in [-0.39, 0.29) is 22.1 Å². The minimum absolute atomic E-state index is 0.00704. The Morgan fingerprint density at radius 3 is 2.70 bits per heavy atom. The molecule has 8 heteroatoms. The first-order chi connectivity index (χ1) is 9.29. The second-order valence-corrected chi connectivity index (χ2v) is 4.42. The molecule has 0 saturated carbocycles. The first kappa shape index (κ1) is 14.4. The number of aromatic amines is 1. The largest absolute Gasteiger partial charge is 0.416 e. The first-order valence-electron chi connectivity index (χ1n) is 5.47. The van der Waals surface area contributed by atoms with Gasteiger partial charge < -0.3 is 10.3 Å². The van der Waals surface area contributed by atoms with Crippen molar-refractivity contribution >= 4 is 23.1 Å². The highest BCUT2D eigenvalue weighted by molar-refractivity contribution is 6.32. The van der Waals surface area contributed by atoms with Gasteiger partial charge in [-0.05, 0) is 24.6 Å². The Hall–Kier alpha value is -2.02. The highest BCUT2D eigenvalue weighted by Crippen LogP contribution is 2.34. The summed E-state index contributed by atoms with van der Waals surface area (Å²) in [5, 5.41) is 2.37. The van der Waals surface area contributed by atoms with Crippen molar-refractivity contribution in [2.24, 2.45) is 0 Å². The maximum Gasteiger partial charge on any atom is 0.416 e. The van der Waals surface area contributed by atoms with Crippen LogP contribution >= 0.6 is 11.6 Å². The quantitative estimate of drug-likeness (QED) is 0.893. The molecule has 0 amide bonds. The third-order valence-electron chi connectivity index (χ3n) is 2.60. The van der Waals surface area contributed by atoms with Crippen molar-refractivity contribution in [1.29, 1.82) is 0 Å². The van der Waals surface area contributed by atoms with Gasteiger partial charge in [0.15, 0.2) is 5.82 Å². The molecule has 2 rings (SSSR count). The first-order valence-corrected chi connectivity index (χ1v) is 5.85. The maximum absolute atomic E-state index is 12.8. The molecule has 0 radical (unpaired) electrons. The average molecular weight is 304 g/mol. The highest BCUT2D eigenvalue weighted by Gasteiger charge is 2.32. The fraction of sp³-hybridized carbons (Fsp3) is 0.167. The molecular formula is C12H9ClF3N3O. The van der Waals surface area contributed by atoms with Gasteiger partial charge in [-0.3, -0.25) is 4.79 Å². The van der Waals surface area contributed by atoms with Crippen LogP contribution in [-0.4, -0.2) is 9.97 Å². The van der Waals surface area contributed by atoms with Gasteiger partial charge in [0.25, 0.3) is 5.56 Å². The summed E-state index contributed by atoms with van der Waals surface area (Å²) in [6.45, 7) is 1.37. The summed E-state index contributed by atoms with van der Waals surface area (Å²) in [5.74, 6) is -0.00704. The van der Waals surface area contributed by atoms with E-state index in [0.717, 1.165) is 12.4 Å². The van der Waals surface area contributed by atoms with Gasteiger partial charge in [0, 0.05) is 5.69 Å². The van der Waals surface area contributed by atoms with Crippen molar-refractivity contribution in [3.05, 3.63) is 51.0 Å². The fourth-order valence-corrected chi connectivity index (χ4v) is 1.76. The summed E-state index contributed by atoms with van der Waals surface area (Å²) < 4.78 is 38.4. The van der Waals surface area contributed by atoms with E-state index in [1.165, 1.54) is 19.1 Å². The molecule has 20 heavy (non-hydrogen) atoms. The lowest BCUT2D eigenvalue weighted by molar-refractivity contribution is -0.138. The number of halogens is 4. The van der Waals surface area contributed by atoms with Gasteiger partial charge in [0.05, 0.1) is 11.9 Å². The van der Waals surface area contributed by atoms with Crippen molar-refractivity contribution in [1.82, 2.24) is 9.97 Å². The van der Waals surface area contributed by atoms with E-state index in [1.807, 2.05) is 0 Å². The van der Waals surface area contributed by atoms with Gasteiger partial charge in [-0.2, -0.15) is 13.2 Å². The topological polar surface area (TPSA) is 57.8 Å². The monoisotopic (exact) mass is 303 g/mol. The van der Waals surface area contributed by atoms with Crippen LogP contribution in [0.3, 0.4) is 0 Å². The Kier molecular flexibility index (Phi) is 3.71. The lowest BCUT2D eigenvalue weighted by Crippen LogP contribution is -2.11. The number of aryl methyl sites for hydroxylation is 1. The number of hydrogen-bond donors (Lipinski definition) is 2. The molecule has 0 fully saturated rings. The fourth-order valence-electron chi connectivity index (χ4n) is 1.61. The molecule has 0 saturated heterocycles. The molecule has 1 heterocycles. The highest BCUT2D eigenvalue weighted by atomic mass is 35.5. The van der Waals surface area contributed by atoms with Crippen LogP contribution in [0.2, 0.25) is 5.02 Å². The van der Waals surface area contributed by atoms with Crippen LogP contribution in [0, 0.1) is 6.92 Å². The lowest BCUT2D eigenvalue weighted by Gasteiger charge is -2.13. The molecule has 0 atom stereocenters. The number of rotatable bonds is 2. The molecule has 0 aliphatic carbocycles. The van der Waals surface area contributed by atoms with Crippen molar-refractivity contribution in [3.63, 3.8) is 0 Å². The third kappa shape index (κ3) is 2.93. The maximum atomic E-state index is 12.8. The molecule has 0 aliphatic rings. The molecule has 0 aliphatic heterocycles. The van der Waals surface area contributed by atoms with Crippen molar-refractivity contribution in [2.75, 3.05) is 5.32 Å². The van der Waals surface area contributed by atoms with Crippen molar-refractivity contribution in [2.45, 2.75) is 13.1 Å². The normalized spacial score (nSPS) is 11.4. The number of anilines is 2. The van der Waals surface area contributed by atoms with Gasteiger partial charge in [-0.15, -0.1) is 0 Å². The molecule has 1 aromatic carbocycles. The Morgan fingerprint density at radius 2 is 2.05 bits per heavy atom. The van der Waals surface area contributed by atoms with Crippen LogP contribution in [0.1, 0.15) is 11.1 Å². The predicted octanol–water partition coefficient (Wildman–Crippen LogP) is 3.49. The molecular weight excluding hydrogens is 295 g/mol. The number of hydrogen-bond acceptors (Lipinski definition) is 3. The minimum atomic E-state index is -4.45. The Balaban J connectivity index is 2.40. The molecule has 1 aromatic heterocycles. The van der Waals surface area contributed by atoms with E-state index in [4.69, 9.17) is 11.6 Å². The number of benzene rings is 1. The van der Waals surface area contributed by atoms with E-state index in [0.29, 0.717) is 0 Å². The zero-order valence-electron chi connectivity index (χ0n) is 10.2. The zero-order valence-corrected chi connectivity index (χ0v) is 10.9. The van der Waals surface area contributed by atoms with Crippen LogP contribution < -0.4 is 10.9 Å². The van der Waals surface area contributed by atoms with E-state index >= 15 is 0 Å². The number of nitrogens with one attached hydrogen (secondary N) is 2. The van der Waals surface area contributed by atoms with Crippen LogP contribution in [-0.2, 0) is 6.18 Å². The third-order valence-corrected chi connectivity index (χ3v) is 2.95. The number of H-pyrrole nitrogens is 1. The summed E-state index contributed by atoms with van der Waals surface area (Å²) in [7, 11) is 0. The molecule has 0 spiro atoms. The standard InChI is InChI=1S/C12H9ClF3N3O/c1-6-2-3-7(4-8(6)12(14,15)16)19-10-9(13)11(20)18-5-17-10/h2-5H,1H3,(H2,17,18,19,20). The number of aromatic nitrogens is 2. The molecule has 2 aromatic rings. The van der Waals surface area contributed by atoms with E-state index in [2.05, 4.69) is 15.3 Å².